The summed E-state index contributed by atoms with van der Waals surface area (Å²) in [7, 11) is 8.17. The number of carboxylic acids is 1. The van der Waals surface area contributed by atoms with E-state index >= 15 is 0 Å². The quantitative estimate of drug-likeness (QED) is 0.261. The number of carboxylic acid groups (broad SMARTS) is 1. The number of aromatic carboxylic acids is 1. The van der Waals surface area contributed by atoms with Crippen LogP contribution in [0.3, 0.4) is 0 Å². The number of anilines is 1. The summed E-state index contributed by atoms with van der Waals surface area (Å²) in [5.74, 6) is -0.901. The van der Waals surface area contributed by atoms with Crippen molar-refractivity contribution in [1.29, 1.82) is 0 Å². The largest absolute Gasteiger partial charge is 1.00 e. The zero-order valence-electron chi connectivity index (χ0n) is 17.3. The molecule has 154 valence electrons. The predicted molar refractivity (Wildman–Crippen MR) is 121 cm³/mol. The topological polar surface area (TPSA) is 43.6 Å². The summed E-state index contributed by atoms with van der Waals surface area (Å²) in [5, 5.41) is 12.1. The Labute approximate surface area is 188 Å². The van der Waals surface area contributed by atoms with E-state index in [4.69, 9.17) is 0 Å². The van der Waals surface area contributed by atoms with Crippen molar-refractivity contribution < 1.29 is 22.3 Å². The molecule has 0 bridgehead atoms. The molecule has 1 heterocycles. The zero-order valence-corrected chi connectivity index (χ0v) is 19.8. The molecular weight excluding hydrogens is 463 g/mol. The van der Waals surface area contributed by atoms with Crippen LogP contribution in [0.2, 0.25) is 0 Å². The molecule has 1 aliphatic carbocycles. The monoisotopic (exact) mass is 486 g/mol. The summed E-state index contributed by atoms with van der Waals surface area (Å²) >= 11 is 0.143. The number of benzene rings is 3. The first-order valence-corrected chi connectivity index (χ1v) is 11.1. The molecule has 0 radical (unpaired) electrons. The minimum Gasteiger partial charge on any atom is -1.00 e. The van der Waals surface area contributed by atoms with Crippen LogP contribution in [0.5, 0.6) is 0 Å². The van der Waals surface area contributed by atoms with Gasteiger partial charge < -0.3 is 12.4 Å². The minimum atomic E-state index is -0.901. The first-order chi connectivity index (χ1) is 13.9. The van der Waals surface area contributed by atoms with Crippen LogP contribution in [-0.4, -0.2) is 53.8 Å². The van der Waals surface area contributed by atoms with Crippen LogP contribution < -0.4 is 27.2 Å². The van der Waals surface area contributed by atoms with E-state index in [1.165, 1.54) is 8.70 Å². The maximum absolute atomic E-state index is 12.0. The van der Waals surface area contributed by atoms with Gasteiger partial charge in [0.15, 0.2) is 0 Å². The van der Waals surface area contributed by atoms with Crippen molar-refractivity contribution in [3.63, 3.8) is 0 Å². The summed E-state index contributed by atoms with van der Waals surface area (Å²) in [4.78, 5) is 14.1. The van der Waals surface area contributed by atoms with Gasteiger partial charge in [-0.1, -0.05) is 0 Å². The molecule has 0 aromatic heterocycles. The van der Waals surface area contributed by atoms with E-state index in [1.54, 1.807) is 12.1 Å². The summed E-state index contributed by atoms with van der Waals surface area (Å²) in [6.07, 6.45) is 0. The minimum absolute atomic E-state index is 0. The number of fused-ring (bicyclic) bond motifs is 2. The maximum Gasteiger partial charge on any atom is -1.00 e. The molecule has 6 heteroatoms. The molecule has 2 aromatic rings. The second kappa shape index (κ2) is 8.65. The van der Waals surface area contributed by atoms with Crippen molar-refractivity contribution in [3.8, 4) is 21.1 Å². The van der Waals surface area contributed by atoms with Crippen molar-refractivity contribution >= 4 is 35.8 Å². The van der Waals surface area contributed by atoms with Gasteiger partial charge in [0.2, 0.25) is 0 Å². The van der Waals surface area contributed by atoms with E-state index in [0.29, 0.717) is 5.56 Å². The van der Waals surface area contributed by atoms with Crippen LogP contribution in [0.15, 0.2) is 60.7 Å². The number of hydrogen-bond donors (Lipinski definition) is 1. The Morgan fingerprint density at radius 3 is 2.37 bits per heavy atom. The summed E-state index contributed by atoms with van der Waals surface area (Å²) in [6, 6.07) is 20.3. The van der Waals surface area contributed by atoms with E-state index in [2.05, 4.69) is 45.9 Å². The summed E-state index contributed by atoms with van der Waals surface area (Å²) < 4.78 is 4.66. The normalized spacial score (nSPS) is 10.7. The van der Waals surface area contributed by atoms with Gasteiger partial charge in [-0.25, -0.2) is 0 Å². The molecule has 1 N–H and O–H groups in total. The van der Waals surface area contributed by atoms with Crippen molar-refractivity contribution in [2.24, 2.45) is 0 Å². The van der Waals surface area contributed by atoms with E-state index in [9.17, 15) is 9.90 Å². The third-order valence-electron chi connectivity index (χ3n) is 5.15. The van der Waals surface area contributed by atoms with Crippen LogP contribution in [0, 0.1) is 0 Å². The number of rotatable bonds is 3. The molecule has 0 amide bonds. The third-order valence-corrected chi connectivity index (χ3v) is 7.49. The van der Waals surface area contributed by atoms with Crippen molar-refractivity contribution in [3.05, 3.63) is 71.6 Å². The van der Waals surface area contributed by atoms with Crippen LogP contribution in [0.4, 0.5) is 5.69 Å². The second-order valence-corrected chi connectivity index (χ2v) is 9.75. The molecule has 0 saturated carbocycles. The van der Waals surface area contributed by atoms with Gasteiger partial charge >= 0.3 is 176 Å². The van der Waals surface area contributed by atoms with Crippen LogP contribution in [-0.2, 0) is 0 Å². The van der Waals surface area contributed by atoms with Crippen LogP contribution in [0.1, 0.15) is 10.4 Å². The van der Waals surface area contributed by atoms with Gasteiger partial charge in [-0.2, -0.15) is 0 Å². The molecule has 4 nitrogen and oxygen atoms in total. The molecule has 2 aliphatic rings. The van der Waals surface area contributed by atoms with Gasteiger partial charge in [0.25, 0.3) is 0 Å². The molecule has 0 spiro atoms. The number of halogens is 1. The average molecular weight is 486 g/mol. The fraction of sp³-hybridized carbons (Fsp3) is 0.167. The number of nitrogens with zero attached hydrogens (tertiary/aromatic N) is 2. The van der Waals surface area contributed by atoms with Gasteiger partial charge in [-0.05, 0) is 0 Å². The standard InChI is InChI=1S/C24H22N2O2Se.ClH/c1-25(2)15-9-11-19-21(13-15)29-22-14-16(26(3)4)10-12-20(22)23(19)17-7-5-6-8-18(17)24(27)28;/h5-14H,1-4H3;1H. The first kappa shape index (κ1) is 22.1. The average Bonchev–Trinajstić information content (AvgIpc) is 2.70. The maximum atomic E-state index is 12.0. The Morgan fingerprint density at radius 1 is 0.967 bits per heavy atom. The molecule has 0 saturated heterocycles. The Morgan fingerprint density at radius 2 is 1.70 bits per heavy atom. The third kappa shape index (κ3) is 3.89. The molecule has 0 fully saturated rings. The Hall–Kier alpha value is -2.59. The number of carbonyl (C=O) groups is 1. The summed E-state index contributed by atoms with van der Waals surface area (Å²) in [6.45, 7) is 0. The van der Waals surface area contributed by atoms with Gasteiger partial charge in [0, 0.05) is 0 Å². The Balaban J connectivity index is 0.00000256. The SMILES string of the molecule is CN(C)c1ccc2c(-c3ccccc3C(=O)O)c3ccc(=[N+](C)C)cc-3[se]c2c1.[Cl-]. The fourth-order valence-corrected chi connectivity index (χ4v) is 6.03. The van der Waals surface area contributed by atoms with Crippen molar-refractivity contribution in [2.75, 3.05) is 33.1 Å². The van der Waals surface area contributed by atoms with E-state index in [1.807, 2.05) is 40.3 Å². The van der Waals surface area contributed by atoms with Crippen LogP contribution in [0.25, 0.3) is 30.8 Å². The second-order valence-electron chi connectivity index (χ2n) is 7.48. The van der Waals surface area contributed by atoms with Gasteiger partial charge in [-0.3, -0.25) is 0 Å². The predicted octanol–water partition coefficient (Wildman–Crippen LogP) is 0.469. The van der Waals surface area contributed by atoms with Gasteiger partial charge in [-0.15, -0.1) is 0 Å². The molecule has 4 rings (SSSR count). The van der Waals surface area contributed by atoms with E-state index < -0.39 is 5.97 Å². The van der Waals surface area contributed by atoms with E-state index in [0.717, 1.165) is 33.1 Å². The molecule has 1 aliphatic heterocycles. The van der Waals surface area contributed by atoms with Gasteiger partial charge in [0.05, 0.1) is 0 Å². The molecule has 0 unspecified atom stereocenters. The van der Waals surface area contributed by atoms with Crippen molar-refractivity contribution in [2.45, 2.75) is 0 Å². The van der Waals surface area contributed by atoms with Crippen molar-refractivity contribution in [1.82, 2.24) is 4.58 Å². The smallest absolute Gasteiger partial charge is 1.00 e. The molecule has 2 aromatic carbocycles. The summed E-state index contributed by atoms with van der Waals surface area (Å²) in [5.41, 5.74) is 4.41. The first-order valence-electron chi connectivity index (χ1n) is 9.38. The van der Waals surface area contributed by atoms with Crippen LogP contribution >= 0.6 is 0 Å². The van der Waals surface area contributed by atoms with E-state index in [-0.39, 0.29) is 26.9 Å². The number of hydrogen-bond acceptors (Lipinski definition) is 2. The van der Waals surface area contributed by atoms with Gasteiger partial charge in [0.1, 0.15) is 0 Å². The Bertz CT molecular complexity index is 1290. The molecular formula is C24H23ClN2O2Se. The fourth-order valence-electron chi connectivity index (χ4n) is 3.60. The molecule has 30 heavy (non-hydrogen) atoms. The molecule has 0 atom stereocenters. The Kier molecular flexibility index (Phi) is 6.37. The zero-order chi connectivity index (χ0) is 20.7.